The Labute approximate surface area is 118 Å². The summed E-state index contributed by atoms with van der Waals surface area (Å²) in [5, 5.41) is 10.9. The molecule has 110 valence electrons. The van der Waals surface area contributed by atoms with E-state index in [2.05, 4.69) is 0 Å². The SMILES string of the molecule is CCOC(=O)c1cc(S(=O)(=O)Cl)cc([N+](=O)[O-])c1OC. The largest absolute Gasteiger partial charge is 0.490 e. The third kappa shape index (κ3) is 3.36. The summed E-state index contributed by atoms with van der Waals surface area (Å²) >= 11 is 0. The van der Waals surface area contributed by atoms with E-state index < -0.39 is 36.3 Å². The lowest BCUT2D eigenvalue weighted by molar-refractivity contribution is -0.386. The highest BCUT2D eigenvalue weighted by Gasteiger charge is 2.28. The molecule has 0 aliphatic carbocycles. The number of nitrogens with zero attached hydrogens (tertiary/aromatic N) is 1. The molecule has 0 bridgehead atoms. The van der Waals surface area contributed by atoms with Crippen molar-refractivity contribution in [1.29, 1.82) is 0 Å². The highest BCUT2D eigenvalue weighted by atomic mass is 35.7. The molecule has 0 spiro atoms. The number of hydrogen-bond acceptors (Lipinski definition) is 7. The Bertz CT molecular complexity index is 656. The summed E-state index contributed by atoms with van der Waals surface area (Å²) in [7, 11) is 2.00. The van der Waals surface area contributed by atoms with Crippen LogP contribution in [0.1, 0.15) is 17.3 Å². The van der Waals surface area contributed by atoms with Gasteiger partial charge >= 0.3 is 11.7 Å². The Balaban J connectivity index is 3.66. The zero-order chi connectivity index (χ0) is 15.5. The van der Waals surface area contributed by atoms with Crippen molar-refractivity contribution in [3.63, 3.8) is 0 Å². The van der Waals surface area contributed by atoms with Crippen LogP contribution in [0.15, 0.2) is 17.0 Å². The van der Waals surface area contributed by atoms with Crippen molar-refractivity contribution < 1.29 is 27.6 Å². The monoisotopic (exact) mass is 323 g/mol. The molecule has 0 heterocycles. The molecule has 0 aromatic heterocycles. The molecule has 1 aromatic rings. The molecule has 1 aromatic carbocycles. The molecular weight excluding hydrogens is 314 g/mol. The van der Waals surface area contributed by atoms with E-state index in [1.807, 2.05) is 0 Å². The van der Waals surface area contributed by atoms with Crippen LogP contribution >= 0.6 is 10.7 Å². The molecule has 0 fully saturated rings. The van der Waals surface area contributed by atoms with Crippen LogP contribution in [-0.2, 0) is 13.8 Å². The summed E-state index contributed by atoms with van der Waals surface area (Å²) in [4.78, 5) is 21.2. The topological polar surface area (TPSA) is 113 Å². The number of methoxy groups -OCH3 is 1. The van der Waals surface area contributed by atoms with Gasteiger partial charge in [-0.25, -0.2) is 13.2 Å². The van der Waals surface area contributed by atoms with Gasteiger partial charge < -0.3 is 9.47 Å². The fourth-order valence-corrected chi connectivity index (χ4v) is 2.22. The second kappa shape index (κ2) is 6.06. The number of nitro groups is 1. The fraction of sp³-hybridized carbons (Fsp3) is 0.300. The maximum atomic E-state index is 11.7. The van der Waals surface area contributed by atoms with E-state index in [0.717, 1.165) is 13.2 Å². The van der Waals surface area contributed by atoms with Gasteiger partial charge in [-0.05, 0) is 13.0 Å². The summed E-state index contributed by atoms with van der Waals surface area (Å²) in [6.45, 7) is 1.54. The Kier molecular flexibility index (Phi) is 4.90. The Morgan fingerprint density at radius 1 is 1.45 bits per heavy atom. The summed E-state index contributed by atoms with van der Waals surface area (Å²) in [5.41, 5.74) is -1.08. The van der Waals surface area contributed by atoms with Gasteiger partial charge in [0.25, 0.3) is 9.05 Å². The molecule has 0 amide bonds. The van der Waals surface area contributed by atoms with Crippen LogP contribution in [0, 0.1) is 10.1 Å². The van der Waals surface area contributed by atoms with Crippen molar-refractivity contribution in [2.24, 2.45) is 0 Å². The van der Waals surface area contributed by atoms with Gasteiger partial charge in [0.05, 0.1) is 23.5 Å². The maximum Gasteiger partial charge on any atom is 0.342 e. The first-order valence-corrected chi connectivity index (χ1v) is 7.51. The number of carbonyl (C=O) groups is 1. The van der Waals surface area contributed by atoms with E-state index in [1.165, 1.54) is 6.92 Å². The number of rotatable bonds is 5. The summed E-state index contributed by atoms with van der Waals surface area (Å²) < 4.78 is 32.1. The minimum absolute atomic E-state index is 0.00758. The minimum Gasteiger partial charge on any atom is -0.490 e. The predicted molar refractivity (Wildman–Crippen MR) is 68.6 cm³/mol. The molecule has 0 N–H and O–H groups in total. The van der Waals surface area contributed by atoms with Gasteiger partial charge in [-0.3, -0.25) is 10.1 Å². The van der Waals surface area contributed by atoms with E-state index in [4.69, 9.17) is 20.2 Å². The zero-order valence-electron chi connectivity index (χ0n) is 10.5. The highest BCUT2D eigenvalue weighted by Crippen LogP contribution is 2.35. The molecule has 0 aliphatic heterocycles. The smallest absolute Gasteiger partial charge is 0.342 e. The summed E-state index contributed by atoms with van der Waals surface area (Å²) in [5.74, 6) is -1.34. The lowest BCUT2D eigenvalue weighted by Gasteiger charge is -2.09. The summed E-state index contributed by atoms with van der Waals surface area (Å²) in [6, 6.07) is 1.58. The average Bonchev–Trinajstić information content (AvgIpc) is 2.36. The number of carbonyl (C=O) groups excluding carboxylic acids is 1. The number of ether oxygens (including phenoxy) is 2. The van der Waals surface area contributed by atoms with Crippen molar-refractivity contribution >= 4 is 31.4 Å². The van der Waals surface area contributed by atoms with Crippen molar-refractivity contribution in [3.05, 3.63) is 27.8 Å². The van der Waals surface area contributed by atoms with E-state index in [1.54, 1.807) is 0 Å². The van der Waals surface area contributed by atoms with Gasteiger partial charge in [0.1, 0.15) is 5.56 Å². The highest BCUT2D eigenvalue weighted by molar-refractivity contribution is 8.13. The second-order valence-corrected chi connectivity index (χ2v) is 6.00. The van der Waals surface area contributed by atoms with Gasteiger partial charge in [0.2, 0.25) is 5.75 Å². The van der Waals surface area contributed by atoms with Gasteiger partial charge in [0.15, 0.2) is 0 Å². The van der Waals surface area contributed by atoms with Gasteiger partial charge in [0, 0.05) is 16.7 Å². The van der Waals surface area contributed by atoms with Gasteiger partial charge in [-0.1, -0.05) is 0 Å². The number of benzene rings is 1. The first-order chi connectivity index (χ1) is 9.22. The molecule has 8 nitrogen and oxygen atoms in total. The van der Waals surface area contributed by atoms with Crippen molar-refractivity contribution in [2.75, 3.05) is 13.7 Å². The van der Waals surface area contributed by atoms with Crippen molar-refractivity contribution in [2.45, 2.75) is 11.8 Å². The van der Waals surface area contributed by atoms with Crippen molar-refractivity contribution in [3.8, 4) is 5.75 Å². The quantitative estimate of drug-likeness (QED) is 0.351. The number of halogens is 1. The molecule has 0 aliphatic rings. The first-order valence-electron chi connectivity index (χ1n) is 5.20. The van der Waals surface area contributed by atoms with E-state index >= 15 is 0 Å². The predicted octanol–water partition coefficient (Wildman–Crippen LogP) is 1.71. The van der Waals surface area contributed by atoms with Crippen LogP contribution in [-0.4, -0.2) is 33.0 Å². The number of esters is 1. The molecule has 0 saturated carbocycles. The first kappa shape index (κ1) is 16.2. The lowest BCUT2D eigenvalue weighted by atomic mass is 10.1. The van der Waals surface area contributed by atoms with Crippen molar-refractivity contribution in [1.82, 2.24) is 0 Å². The molecule has 0 atom stereocenters. The number of nitro benzene ring substituents is 1. The van der Waals surface area contributed by atoms with Gasteiger partial charge in [-0.15, -0.1) is 0 Å². The van der Waals surface area contributed by atoms with E-state index in [9.17, 15) is 23.3 Å². The van der Waals surface area contributed by atoms with Gasteiger partial charge in [-0.2, -0.15) is 0 Å². The Morgan fingerprint density at radius 3 is 2.45 bits per heavy atom. The van der Waals surface area contributed by atoms with Crippen LogP contribution in [0.25, 0.3) is 0 Å². The fourth-order valence-electron chi connectivity index (χ4n) is 1.44. The average molecular weight is 324 g/mol. The minimum atomic E-state index is -4.25. The molecule has 0 saturated heterocycles. The van der Waals surface area contributed by atoms with Crippen LogP contribution in [0.5, 0.6) is 5.75 Å². The lowest BCUT2D eigenvalue weighted by Crippen LogP contribution is -2.10. The number of hydrogen-bond donors (Lipinski definition) is 0. The van der Waals surface area contributed by atoms with Crippen LogP contribution < -0.4 is 4.74 Å². The second-order valence-electron chi connectivity index (χ2n) is 3.44. The normalized spacial score (nSPS) is 10.9. The standard InChI is InChI=1S/C10H10ClNO7S/c1-3-19-10(13)7-4-6(20(11,16)17)5-8(12(14)15)9(7)18-2/h4-5H,3H2,1-2H3. The maximum absolute atomic E-state index is 11.7. The molecular formula is C10H10ClNO7S. The molecule has 20 heavy (non-hydrogen) atoms. The van der Waals surface area contributed by atoms with E-state index in [0.29, 0.717) is 6.07 Å². The molecule has 1 rings (SSSR count). The Hall–Kier alpha value is -1.87. The molecule has 0 radical (unpaired) electrons. The summed E-state index contributed by atoms with van der Waals surface area (Å²) in [6.07, 6.45) is 0. The zero-order valence-corrected chi connectivity index (χ0v) is 12.0. The Morgan fingerprint density at radius 2 is 2.05 bits per heavy atom. The van der Waals surface area contributed by atoms with E-state index in [-0.39, 0.29) is 12.2 Å². The third-order valence-corrected chi connectivity index (χ3v) is 3.55. The molecule has 10 heteroatoms. The van der Waals surface area contributed by atoms with Crippen LogP contribution in [0.3, 0.4) is 0 Å². The molecule has 0 unspecified atom stereocenters. The van der Waals surface area contributed by atoms with Crippen LogP contribution in [0.4, 0.5) is 5.69 Å². The third-order valence-electron chi connectivity index (χ3n) is 2.22. The van der Waals surface area contributed by atoms with Crippen LogP contribution in [0.2, 0.25) is 0 Å².